The molecule has 0 atom stereocenters. The van der Waals surface area contributed by atoms with Gasteiger partial charge < -0.3 is 15.4 Å². The predicted octanol–water partition coefficient (Wildman–Crippen LogP) is 1.15. The molecule has 0 aliphatic carbocycles. The molecular formula is C11H19F3N2O2. The second kappa shape index (κ2) is 5.88. The van der Waals surface area contributed by atoms with E-state index in [1.807, 2.05) is 0 Å². The quantitative estimate of drug-likeness (QED) is 0.832. The van der Waals surface area contributed by atoms with Crippen LogP contribution < -0.4 is 5.73 Å². The zero-order valence-electron chi connectivity index (χ0n) is 10.4. The van der Waals surface area contributed by atoms with E-state index in [2.05, 4.69) is 0 Å². The van der Waals surface area contributed by atoms with Gasteiger partial charge in [0.25, 0.3) is 0 Å². The number of rotatable bonds is 4. The summed E-state index contributed by atoms with van der Waals surface area (Å²) < 4.78 is 41.5. The number of carbonyl (C=O) groups excluding carboxylic acids is 1. The van der Waals surface area contributed by atoms with Crippen LogP contribution in [0.3, 0.4) is 0 Å². The Morgan fingerprint density at radius 3 is 2.39 bits per heavy atom. The molecule has 1 aliphatic rings. The van der Waals surface area contributed by atoms with E-state index < -0.39 is 18.0 Å². The van der Waals surface area contributed by atoms with Crippen molar-refractivity contribution in [1.82, 2.24) is 4.90 Å². The van der Waals surface area contributed by atoms with Gasteiger partial charge in [0.15, 0.2) is 0 Å². The van der Waals surface area contributed by atoms with Crippen molar-refractivity contribution in [2.45, 2.75) is 25.4 Å². The van der Waals surface area contributed by atoms with Crippen LogP contribution in [0.4, 0.5) is 13.2 Å². The Morgan fingerprint density at radius 2 is 1.94 bits per heavy atom. The third-order valence-corrected chi connectivity index (χ3v) is 3.37. The van der Waals surface area contributed by atoms with Crippen molar-refractivity contribution < 1.29 is 22.7 Å². The van der Waals surface area contributed by atoms with Crippen LogP contribution in [-0.2, 0) is 9.53 Å². The van der Waals surface area contributed by atoms with Gasteiger partial charge in [-0.2, -0.15) is 13.2 Å². The molecule has 0 saturated carbocycles. The molecule has 1 saturated heterocycles. The van der Waals surface area contributed by atoms with E-state index in [9.17, 15) is 18.0 Å². The molecule has 1 amide bonds. The molecule has 0 radical (unpaired) electrons. The minimum absolute atomic E-state index is 0.144. The van der Waals surface area contributed by atoms with E-state index in [0.29, 0.717) is 26.1 Å². The Hall–Kier alpha value is -0.820. The fourth-order valence-corrected chi connectivity index (χ4v) is 2.07. The molecule has 2 N–H and O–H groups in total. The Bertz CT molecular complexity index is 289. The van der Waals surface area contributed by atoms with Crippen molar-refractivity contribution in [3.05, 3.63) is 0 Å². The summed E-state index contributed by atoms with van der Waals surface area (Å²) in [4.78, 5) is 13.3. The van der Waals surface area contributed by atoms with Crippen LogP contribution in [-0.4, -0.2) is 50.3 Å². The summed E-state index contributed by atoms with van der Waals surface area (Å²) >= 11 is 0. The molecule has 4 nitrogen and oxygen atoms in total. The van der Waals surface area contributed by atoms with Crippen molar-refractivity contribution in [2.75, 3.05) is 33.4 Å². The Balaban J connectivity index is 2.60. The molecule has 0 aromatic carbocycles. The van der Waals surface area contributed by atoms with Gasteiger partial charge in [-0.1, -0.05) is 0 Å². The first-order valence-electron chi connectivity index (χ1n) is 5.91. The minimum atomic E-state index is -4.25. The highest BCUT2D eigenvalue weighted by Crippen LogP contribution is 2.31. The molecule has 0 bridgehead atoms. The molecule has 0 spiro atoms. The van der Waals surface area contributed by atoms with Gasteiger partial charge in [-0.15, -0.1) is 0 Å². The second-order valence-corrected chi connectivity index (χ2v) is 4.69. The first-order chi connectivity index (χ1) is 8.31. The zero-order chi connectivity index (χ0) is 13.8. The van der Waals surface area contributed by atoms with Crippen molar-refractivity contribution in [2.24, 2.45) is 11.1 Å². The monoisotopic (exact) mass is 268 g/mol. The lowest BCUT2D eigenvalue weighted by Crippen LogP contribution is -2.50. The fraction of sp³-hybridized carbons (Fsp3) is 0.909. The van der Waals surface area contributed by atoms with Crippen molar-refractivity contribution >= 4 is 5.91 Å². The standard InChI is InChI=1S/C11H19F3N2O2/c1-16(5-2-11(12,13)14)9(17)10(8-15)3-6-18-7-4-10/h2-8,15H2,1H3. The molecule has 1 aliphatic heterocycles. The van der Waals surface area contributed by atoms with Gasteiger partial charge in [0, 0.05) is 33.4 Å². The van der Waals surface area contributed by atoms with Crippen LogP contribution in [0.1, 0.15) is 19.3 Å². The maximum Gasteiger partial charge on any atom is 0.390 e. The van der Waals surface area contributed by atoms with Gasteiger partial charge in [-0.3, -0.25) is 4.79 Å². The number of amides is 1. The fourth-order valence-electron chi connectivity index (χ4n) is 2.07. The van der Waals surface area contributed by atoms with Crippen LogP contribution in [0, 0.1) is 5.41 Å². The highest BCUT2D eigenvalue weighted by molar-refractivity contribution is 5.83. The van der Waals surface area contributed by atoms with Crippen LogP contribution in [0.2, 0.25) is 0 Å². The first-order valence-corrected chi connectivity index (χ1v) is 5.91. The lowest BCUT2D eigenvalue weighted by atomic mass is 9.79. The number of halogens is 3. The second-order valence-electron chi connectivity index (χ2n) is 4.69. The Kier molecular flexibility index (Phi) is 4.98. The average molecular weight is 268 g/mol. The van der Waals surface area contributed by atoms with Crippen LogP contribution in [0.5, 0.6) is 0 Å². The molecule has 0 aromatic rings. The highest BCUT2D eigenvalue weighted by Gasteiger charge is 2.41. The number of hydrogen-bond acceptors (Lipinski definition) is 3. The summed E-state index contributed by atoms with van der Waals surface area (Å²) in [7, 11) is 1.39. The predicted molar refractivity (Wildman–Crippen MR) is 59.8 cm³/mol. The first kappa shape index (κ1) is 15.2. The Labute approximate surface area is 104 Å². The number of nitrogens with zero attached hydrogens (tertiary/aromatic N) is 1. The van der Waals surface area contributed by atoms with E-state index in [0.717, 1.165) is 4.90 Å². The van der Waals surface area contributed by atoms with E-state index in [1.54, 1.807) is 0 Å². The van der Waals surface area contributed by atoms with Gasteiger partial charge in [-0.25, -0.2) is 0 Å². The molecule has 7 heteroatoms. The van der Waals surface area contributed by atoms with Gasteiger partial charge >= 0.3 is 6.18 Å². The minimum Gasteiger partial charge on any atom is -0.381 e. The third kappa shape index (κ3) is 3.84. The Morgan fingerprint density at radius 1 is 1.39 bits per heavy atom. The lowest BCUT2D eigenvalue weighted by molar-refractivity contribution is -0.153. The summed E-state index contributed by atoms with van der Waals surface area (Å²) in [6, 6.07) is 0. The molecule has 1 fully saturated rings. The number of nitrogens with two attached hydrogens (primary N) is 1. The van der Waals surface area contributed by atoms with Gasteiger partial charge in [0.2, 0.25) is 5.91 Å². The summed E-state index contributed by atoms with van der Waals surface area (Å²) in [5, 5.41) is 0. The molecule has 1 heterocycles. The maximum absolute atomic E-state index is 12.2. The average Bonchev–Trinajstić information content (AvgIpc) is 2.35. The maximum atomic E-state index is 12.2. The summed E-state index contributed by atoms with van der Waals surface area (Å²) in [5.41, 5.74) is 4.88. The normalized spacial score (nSPS) is 19.6. The molecular weight excluding hydrogens is 249 g/mol. The van der Waals surface area contributed by atoms with Gasteiger partial charge in [-0.05, 0) is 12.8 Å². The van der Waals surface area contributed by atoms with Gasteiger partial charge in [0.1, 0.15) is 0 Å². The van der Waals surface area contributed by atoms with E-state index >= 15 is 0 Å². The topological polar surface area (TPSA) is 55.6 Å². The van der Waals surface area contributed by atoms with Crippen molar-refractivity contribution in [3.8, 4) is 0 Å². The van der Waals surface area contributed by atoms with Crippen LogP contribution >= 0.6 is 0 Å². The SMILES string of the molecule is CN(CCC(F)(F)F)C(=O)C1(CN)CCOCC1. The molecule has 18 heavy (non-hydrogen) atoms. The smallest absolute Gasteiger partial charge is 0.381 e. The molecule has 0 aromatic heterocycles. The largest absolute Gasteiger partial charge is 0.390 e. The molecule has 1 rings (SSSR count). The van der Waals surface area contributed by atoms with Crippen LogP contribution in [0.25, 0.3) is 0 Å². The lowest BCUT2D eigenvalue weighted by Gasteiger charge is -2.37. The van der Waals surface area contributed by atoms with E-state index in [1.165, 1.54) is 7.05 Å². The van der Waals surface area contributed by atoms with Crippen molar-refractivity contribution in [1.29, 1.82) is 0 Å². The summed E-state index contributed by atoms with van der Waals surface area (Å²) in [5.74, 6) is -0.308. The number of hydrogen-bond donors (Lipinski definition) is 1. The van der Waals surface area contributed by atoms with E-state index in [-0.39, 0.29) is 19.0 Å². The number of ether oxygens (including phenoxy) is 1. The zero-order valence-corrected chi connectivity index (χ0v) is 10.4. The number of carbonyl (C=O) groups is 1. The van der Waals surface area contributed by atoms with Gasteiger partial charge in [0.05, 0.1) is 11.8 Å². The van der Waals surface area contributed by atoms with Crippen molar-refractivity contribution in [3.63, 3.8) is 0 Å². The van der Waals surface area contributed by atoms with E-state index in [4.69, 9.17) is 10.5 Å². The highest BCUT2D eigenvalue weighted by atomic mass is 19.4. The summed E-state index contributed by atoms with van der Waals surface area (Å²) in [6.45, 7) is 0.669. The molecule has 106 valence electrons. The summed E-state index contributed by atoms with van der Waals surface area (Å²) in [6.07, 6.45) is -4.30. The molecule has 0 unspecified atom stereocenters. The number of alkyl halides is 3. The third-order valence-electron chi connectivity index (χ3n) is 3.37. The van der Waals surface area contributed by atoms with Crippen LogP contribution in [0.15, 0.2) is 0 Å².